The van der Waals surface area contributed by atoms with Crippen molar-refractivity contribution in [3.8, 4) is 5.75 Å². The van der Waals surface area contributed by atoms with Crippen molar-refractivity contribution >= 4 is 0 Å². The van der Waals surface area contributed by atoms with Crippen molar-refractivity contribution in [1.82, 2.24) is 5.32 Å². The van der Waals surface area contributed by atoms with E-state index in [1.807, 2.05) is 6.92 Å². The highest BCUT2D eigenvalue weighted by Gasteiger charge is 2.20. The van der Waals surface area contributed by atoms with Gasteiger partial charge in [-0.2, -0.15) is 0 Å². The number of methoxy groups -OCH3 is 1. The molecule has 0 spiro atoms. The molecule has 1 N–H and O–H groups in total. The maximum absolute atomic E-state index is 5.87. The van der Waals surface area contributed by atoms with Crippen LogP contribution >= 0.6 is 0 Å². The Balaban J connectivity index is 1.98. The van der Waals surface area contributed by atoms with E-state index in [9.17, 15) is 0 Å². The zero-order valence-corrected chi connectivity index (χ0v) is 12.5. The number of ether oxygens (including phenoxy) is 2. The number of hydrogen-bond acceptors (Lipinski definition) is 3. The summed E-state index contributed by atoms with van der Waals surface area (Å²) in [4.78, 5) is 0. The van der Waals surface area contributed by atoms with Crippen LogP contribution in [0.1, 0.15) is 36.5 Å². The van der Waals surface area contributed by atoms with Crippen LogP contribution in [0, 0.1) is 13.8 Å². The second kappa shape index (κ2) is 6.40. The van der Waals surface area contributed by atoms with Gasteiger partial charge in [0, 0.05) is 19.7 Å². The molecule has 3 heteroatoms. The minimum atomic E-state index is 0.120. The molecule has 3 nitrogen and oxygen atoms in total. The fourth-order valence-electron chi connectivity index (χ4n) is 2.19. The van der Waals surface area contributed by atoms with Crippen molar-refractivity contribution in [2.45, 2.75) is 52.3 Å². The van der Waals surface area contributed by atoms with Crippen LogP contribution in [0.15, 0.2) is 12.1 Å². The van der Waals surface area contributed by atoms with Gasteiger partial charge in [-0.15, -0.1) is 0 Å². The highest BCUT2D eigenvalue weighted by Crippen LogP contribution is 2.26. The topological polar surface area (TPSA) is 30.5 Å². The first-order valence-corrected chi connectivity index (χ1v) is 7.09. The fraction of sp³-hybridized carbons (Fsp3) is 0.625. The van der Waals surface area contributed by atoms with Crippen molar-refractivity contribution < 1.29 is 9.47 Å². The molecule has 0 bridgehead atoms. The van der Waals surface area contributed by atoms with E-state index < -0.39 is 0 Å². The Morgan fingerprint density at radius 3 is 2.42 bits per heavy atom. The smallest absolute Gasteiger partial charge is 0.125 e. The molecule has 1 aliphatic carbocycles. The Bertz CT molecular complexity index is 404. The molecule has 19 heavy (non-hydrogen) atoms. The number of benzene rings is 1. The maximum atomic E-state index is 5.87. The Labute approximate surface area is 116 Å². The molecule has 0 amide bonds. The molecular weight excluding hydrogens is 238 g/mol. The third-order valence-electron chi connectivity index (χ3n) is 3.56. The molecule has 0 heterocycles. The van der Waals surface area contributed by atoms with E-state index in [1.165, 1.54) is 29.5 Å². The third-order valence-corrected chi connectivity index (χ3v) is 3.56. The second-order valence-corrected chi connectivity index (χ2v) is 5.57. The Morgan fingerprint density at radius 2 is 1.89 bits per heavy atom. The van der Waals surface area contributed by atoms with Crippen LogP contribution in [-0.2, 0) is 11.3 Å². The fourth-order valence-corrected chi connectivity index (χ4v) is 2.19. The summed E-state index contributed by atoms with van der Waals surface area (Å²) in [6.07, 6.45) is 2.78. The summed E-state index contributed by atoms with van der Waals surface area (Å²) < 4.78 is 11.1. The molecule has 1 saturated carbocycles. The van der Waals surface area contributed by atoms with Gasteiger partial charge in [0.15, 0.2) is 0 Å². The van der Waals surface area contributed by atoms with E-state index in [-0.39, 0.29) is 6.10 Å². The van der Waals surface area contributed by atoms with E-state index in [2.05, 4.69) is 31.3 Å². The van der Waals surface area contributed by atoms with Crippen molar-refractivity contribution in [2.75, 3.05) is 13.7 Å². The maximum Gasteiger partial charge on any atom is 0.125 e. The number of hydrogen-bond donors (Lipinski definition) is 1. The van der Waals surface area contributed by atoms with Gasteiger partial charge in [0.05, 0.1) is 6.10 Å². The molecule has 0 radical (unpaired) electrons. The zero-order valence-electron chi connectivity index (χ0n) is 12.5. The molecule has 2 rings (SSSR count). The van der Waals surface area contributed by atoms with Crippen LogP contribution in [0.5, 0.6) is 5.75 Å². The molecule has 106 valence electrons. The van der Waals surface area contributed by atoms with Gasteiger partial charge in [-0.1, -0.05) is 12.1 Å². The summed E-state index contributed by atoms with van der Waals surface area (Å²) in [5.41, 5.74) is 3.75. The average molecular weight is 263 g/mol. The van der Waals surface area contributed by atoms with E-state index in [0.29, 0.717) is 6.61 Å². The lowest BCUT2D eigenvalue weighted by Crippen LogP contribution is -2.17. The minimum absolute atomic E-state index is 0.120. The highest BCUT2D eigenvalue weighted by molar-refractivity contribution is 5.43. The van der Waals surface area contributed by atoms with E-state index in [0.717, 1.165) is 18.3 Å². The molecule has 1 fully saturated rings. The molecule has 1 unspecified atom stereocenters. The second-order valence-electron chi connectivity index (χ2n) is 5.57. The largest absolute Gasteiger partial charge is 0.490 e. The standard InChI is InChI=1S/C16H25NO2/c1-11-7-14(9-17-15-5-6-15)8-12(2)16(11)19-10-13(3)18-4/h7-8,13,15,17H,5-6,9-10H2,1-4H3. The Kier molecular flexibility index (Phi) is 4.83. The van der Waals surface area contributed by atoms with E-state index >= 15 is 0 Å². The van der Waals surface area contributed by atoms with Gasteiger partial charge in [0.1, 0.15) is 12.4 Å². The lowest BCUT2D eigenvalue weighted by molar-refractivity contribution is 0.0711. The SMILES string of the molecule is COC(C)COc1c(C)cc(CNC2CC2)cc1C. The molecule has 1 aromatic carbocycles. The van der Waals surface area contributed by atoms with Gasteiger partial charge in [-0.05, 0) is 50.3 Å². The van der Waals surface area contributed by atoms with Crippen LogP contribution in [-0.4, -0.2) is 25.9 Å². The third kappa shape index (κ3) is 4.22. The lowest BCUT2D eigenvalue weighted by Gasteiger charge is -2.16. The van der Waals surface area contributed by atoms with Gasteiger partial charge in [0.2, 0.25) is 0 Å². The summed E-state index contributed by atoms with van der Waals surface area (Å²) >= 11 is 0. The van der Waals surface area contributed by atoms with Crippen molar-refractivity contribution in [3.63, 3.8) is 0 Å². The normalized spacial score (nSPS) is 16.4. The van der Waals surface area contributed by atoms with Crippen LogP contribution in [0.3, 0.4) is 0 Å². The molecule has 1 aliphatic rings. The van der Waals surface area contributed by atoms with Crippen LogP contribution in [0.4, 0.5) is 0 Å². The van der Waals surface area contributed by atoms with Gasteiger partial charge in [-0.25, -0.2) is 0 Å². The highest BCUT2D eigenvalue weighted by atomic mass is 16.5. The van der Waals surface area contributed by atoms with Crippen LogP contribution in [0.2, 0.25) is 0 Å². The van der Waals surface area contributed by atoms with Gasteiger partial charge >= 0.3 is 0 Å². The Morgan fingerprint density at radius 1 is 1.26 bits per heavy atom. The summed E-state index contributed by atoms with van der Waals surface area (Å²) in [6, 6.07) is 5.18. The van der Waals surface area contributed by atoms with Gasteiger partial charge in [-0.3, -0.25) is 0 Å². The number of nitrogens with one attached hydrogen (secondary N) is 1. The van der Waals surface area contributed by atoms with Gasteiger partial charge < -0.3 is 14.8 Å². The minimum Gasteiger partial charge on any atom is -0.490 e. The van der Waals surface area contributed by atoms with Crippen LogP contribution < -0.4 is 10.1 Å². The first-order valence-electron chi connectivity index (χ1n) is 7.09. The molecular formula is C16H25NO2. The molecule has 0 aromatic heterocycles. The molecule has 1 aromatic rings. The zero-order chi connectivity index (χ0) is 13.8. The lowest BCUT2D eigenvalue weighted by atomic mass is 10.1. The van der Waals surface area contributed by atoms with E-state index in [1.54, 1.807) is 7.11 Å². The predicted molar refractivity (Wildman–Crippen MR) is 77.7 cm³/mol. The number of rotatable bonds is 7. The molecule has 0 saturated heterocycles. The van der Waals surface area contributed by atoms with Crippen molar-refractivity contribution in [3.05, 3.63) is 28.8 Å². The predicted octanol–water partition coefficient (Wildman–Crippen LogP) is 2.97. The molecule has 0 aliphatic heterocycles. The summed E-state index contributed by atoms with van der Waals surface area (Å²) in [7, 11) is 1.71. The van der Waals surface area contributed by atoms with Gasteiger partial charge in [0.25, 0.3) is 0 Å². The quantitative estimate of drug-likeness (QED) is 0.820. The first kappa shape index (κ1) is 14.4. The Hall–Kier alpha value is -1.06. The first-order chi connectivity index (χ1) is 9.10. The molecule has 1 atom stereocenters. The van der Waals surface area contributed by atoms with E-state index in [4.69, 9.17) is 9.47 Å². The van der Waals surface area contributed by atoms with Crippen LogP contribution in [0.25, 0.3) is 0 Å². The monoisotopic (exact) mass is 263 g/mol. The van der Waals surface area contributed by atoms with Crippen molar-refractivity contribution in [2.24, 2.45) is 0 Å². The van der Waals surface area contributed by atoms with Crippen molar-refractivity contribution in [1.29, 1.82) is 0 Å². The summed E-state index contributed by atoms with van der Waals surface area (Å²) in [5.74, 6) is 0.999. The number of aryl methyl sites for hydroxylation is 2. The average Bonchev–Trinajstić information content (AvgIpc) is 3.19. The summed E-state index contributed by atoms with van der Waals surface area (Å²) in [5, 5.41) is 3.55. The summed E-state index contributed by atoms with van der Waals surface area (Å²) in [6.45, 7) is 7.79.